The monoisotopic (exact) mass is 244 g/mol. The van der Waals surface area contributed by atoms with Crippen LogP contribution in [0.5, 0.6) is 0 Å². The number of hydrogen-bond acceptors (Lipinski definition) is 0. The standard InChI is InChI=1S/C14H13N2.ClH/c1-2-6-13(7-3-1)12-16-11-10-15-9-5-4-8-14(15)16;/h1-11H,12H2;1H/q+1;/p-1. The molecule has 0 aliphatic heterocycles. The first-order valence-electron chi connectivity index (χ1n) is 5.42. The molecule has 3 rings (SSSR count). The molecule has 0 fully saturated rings. The SMILES string of the molecule is [Cl-].c1ccc(Cn2cc[n+]3ccccc23)cc1. The van der Waals surface area contributed by atoms with E-state index in [1.165, 1.54) is 11.2 Å². The smallest absolute Gasteiger partial charge is 0.286 e. The molecule has 0 aliphatic rings. The lowest BCUT2D eigenvalue weighted by atomic mass is 10.2. The van der Waals surface area contributed by atoms with Gasteiger partial charge in [-0.2, -0.15) is 0 Å². The Morgan fingerprint density at radius 1 is 0.882 bits per heavy atom. The van der Waals surface area contributed by atoms with E-state index in [4.69, 9.17) is 0 Å². The zero-order valence-corrected chi connectivity index (χ0v) is 10.1. The molecule has 0 atom stereocenters. The molecule has 86 valence electrons. The highest BCUT2D eigenvalue weighted by Gasteiger charge is 2.07. The molecule has 3 aromatic rings. The molecule has 0 radical (unpaired) electrons. The van der Waals surface area contributed by atoms with Gasteiger partial charge in [-0.25, -0.2) is 8.97 Å². The van der Waals surface area contributed by atoms with Crippen molar-refractivity contribution in [3.63, 3.8) is 0 Å². The highest BCUT2D eigenvalue weighted by Crippen LogP contribution is 2.05. The van der Waals surface area contributed by atoms with Gasteiger partial charge in [0.15, 0.2) is 0 Å². The summed E-state index contributed by atoms with van der Waals surface area (Å²) in [5, 5.41) is 0. The Bertz CT molecular complexity index is 602. The number of nitrogens with zero attached hydrogens (tertiary/aromatic N) is 2. The summed E-state index contributed by atoms with van der Waals surface area (Å²) in [6.45, 7) is 0.918. The fourth-order valence-corrected chi connectivity index (χ4v) is 1.96. The first kappa shape index (κ1) is 11.7. The predicted octanol–water partition coefficient (Wildman–Crippen LogP) is -0.721. The van der Waals surface area contributed by atoms with E-state index < -0.39 is 0 Å². The Morgan fingerprint density at radius 3 is 2.47 bits per heavy atom. The first-order chi connectivity index (χ1) is 7.93. The summed E-state index contributed by atoms with van der Waals surface area (Å²) in [7, 11) is 0. The van der Waals surface area contributed by atoms with Gasteiger partial charge in [0.25, 0.3) is 5.65 Å². The molecule has 2 heterocycles. The van der Waals surface area contributed by atoms with Crippen molar-refractivity contribution < 1.29 is 16.8 Å². The van der Waals surface area contributed by atoms with Crippen LogP contribution in [0.25, 0.3) is 5.65 Å². The van der Waals surface area contributed by atoms with Crippen LogP contribution in [0, 0.1) is 0 Å². The van der Waals surface area contributed by atoms with E-state index in [1.807, 2.05) is 12.1 Å². The Morgan fingerprint density at radius 2 is 1.65 bits per heavy atom. The molecular formula is C14H13ClN2. The van der Waals surface area contributed by atoms with E-state index in [-0.39, 0.29) is 12.4 Å². The molecule has 0 spiro atoms. The van der Waals surface area contributed by atoms with E-state index in [9.17, 15) is 0 Å². The first-order valence-corrected chi connectivity index (χ1v) is 5.42. The topological polar surface area (TPSA) is 9.03 Å². The average molecular weight is 245 g/mol. The Balaban J connectivity index is 0.00000108. The van der Waals surface area contributed by atoms with Crippen LogP contribution in [-0.2, 0) is 6.54 Å². The van der Waals surface area contributed by atoms with Crippen LogP contribution in [0.3, 0.4) is 0 Å². The number of imidazole rings is 1. The van der Waals surface area contributed by atoms with Gasteiger partial charge in [-0.3, -0.25) is 0 Å². The fraction of sp³-hybridized carbons (Fsp3) is 0.0714. The fourth-order valence-electron chi connectivity index (χ4n) is 1.96. The van der Waals surface area contributed by atoms with Crippen molar-refractivity contribution in [2.45, 2.75) is 6.54 Å². The van der Waals surface area contributed by atoms with Gasteiger partial charge >= 0.3 is 0 Å². The van der Waals surface area contributed by atoms with Gasteiger partial charge in [-0.15, -0.1) is 0 Å². The number of aromatic nitrogens is 2. The minimum Gasteiger partial charge on any atom is -1.00 e. The lowest BCUT2D eigenvalue weighted by Gasteiger charge is -1.97. The van der Waals surface area contributed by atoms with Crippen LogP contribution in [0.15, 0.2) is 67.1 Å². The van der Waals surface area contributed by atoms with Crippen LogP contribution in [0.4, 0.5) is 0 Å². The molecule has 0 amide bonds. The van der Waals surface area contributed by atoms with Crippen LogP contribution < -0.4 is 16.8 Å². The predicted molar refractivity (Wildman–Crippen MR) is 63.1 cm³/mol. The van der Waals surface area contributed by atoms with Gasteiger partial charge in [0.1, 0.15) is 18.9 Å². The molecule has 17 heavy (non-hydrogen) atoms. The molecule has 0 N–H and O–H groups in total. The van der Waals surface area contributed by atoms with Crippen molar-refractivity contribution >= 4 is 5.65 Å². The molecule has 0 saturated carbocycles. The van der Waals surface area contributed by atoms with E-state index in [2.05, 4.69) is 64.0 Å². The highest BCUT2D eigenvalue weighted by molar-refractivity contribution is 5.31. The zero-order chi connectivity index (χ0) is 10.8. The molecule has 2 nitrogen and oxygen atoms in total. The summed E-state index contributed by atoms with van der Waals surface area (Å²) in [6.07, 6.45) is 6.26. The Kier molecular flexibility index (Phi) is 3.45. The Labute approximate surface area is 107 Å². The van der Waals surface area contributed by atoms with E-state index in [0.29, 0.717) is 0 Å². The molecule has 1 aromatic carbocycles. The highest BCUT2D eigenvalue weighted by atomic mass is 35.5. The number of rotatable bonds is 2. The lowest BCUT2D eigenvalue weighted by Crippen LogP contribution is -3.00. The van der Waals surface area contributed by atoms with E-state index >= 15 is 0 Å². The van der Waals surface area contributed by atoms with Gasteiger partial charge in [-0.1, -0.05) is 36.4 Å². The second kappa shape index (κ2) is 5.02. The lowest BCUT2D eigenvalue weighted by molar-refractivity contribution is -0.510. The maximum absolute atomic E-state index is 2.25. The van der Waals surface area contributed by atoms with Crippen molar-refractivity contribution in [2.24, 2.45) is 0 Å². The second-order valence-electron chi connectivity index (χ2n) is 3.88. The normalized spacial score (nSPS) is 10.1. The van der Waals surface area contributed by atoms with Crippen molar-refractivity contribution in [1.82, 2.24) is 4.57 Å². The summed E-state index contributed by atoms with van der Waals surface area (Å²) < 4.78 is 4.37. The maximum Gasteiger partial charge on any atom is 0.286 e. The van der Waals surface area contributed by atoms with Gasteiger partial charge in [0.2, 0.25) is 0 Å². The molecule has 2 aromatic heterocycles. The van der Waals surface area contributed by atoms with Crippen LogP contribution in [0.2, 0.25) is 0 Å². The summed E-state index contributed by atoms with van der Waals surface area (Å²) >= 11 is 0. The van der Waals surface area contributed by atoms with Crippen LogP contribution in [0.1, 0.15) is 5.56 Å². The summed E-state index contributed by atoms with van der Waals surface area (Å²) in [5.41, 5.74) is 2.54. The van der Waals surface area contributed by atoms with Crippen LogP contribution >= 0.6 is 0 Å². The molecule has 0 saturated heterocycles. The number of halogens is 1. The van der Waals surface area contributed by atoms with Gasteiger partial charge in [0, 0.05) is 6.07 Å². The maximum atomic E-state index is 2.25. The third-order valence-corrected chi connectivity index (χ3v) is 2.76. The summed E-state index contributed by atoms with van der Waals surface area (Å²) in [4.78, 5) is 0. The van der Waals surface area contributed by atoms with Gasteiger partial charge < -0.3 is 12.4 Å². The Hall–Kier alpha value is -1.80. The third-order valence-electron chi connectivity index (χ3n) is 2.76. The van der Waals surface area contributed by atoms with Gasteiger partial charge in [0.05, 0.1) is 6.20 Å². The summed E-state index contributed by atoms with van der Waals surface area (Å²) in [6, 6.07) is 16.7. The van der Waals surface area contributed by atoms with Crippen molar-refractivity contribution in [3.05, 3.63) is 72.7 Å². The molecule has 0 aliphatic carbocycles. The van der Waals surface area contributed by atoms with Crippen molar-refractivity contribution in [2.75, 3.05) is 0 Å². The minimum atomic E-state index is 0. The number of pyridine rings is 1. The number of benzene rings is 1. The van der Waals surface area contributed by atoms with E-state index in [1.54, 1.807) is 0 Å². The quantitative estimate of drug-likeness (QED) is 0.527. The molecule has 0 bridgehead atoms. The van der Waals surface area contributed by atoms with E-state index in [0.717, 1.165) is 6.54 Å². The largest absolute Gasteiger partial charge is 1.00 e. The zero-order valence-electron chi connectivity index (χ0n) is 9.33. The number of hydrogen-bond donors (Lipinski definition) is 0. The van der Waals surface area contributed by atoms with Crippen molar-refractivity contribution in [1.29, 1.82) is 0 Å². The van der Waals surface area contributed by atoms with Crippen LogP contribution in [-0.4, -0.2) is 4.57 Å². The number of fused-ring (bicyclic) bond motifs is 1. The molecule has 0 unspecified atom stereocenters. The van der Waals surface area contributed by atoms with Crippen molar-refractivity contribution in [3.8, 4) is 0 Å². The molecule has 3 heteroatoms. The third kappa shape index (κ3) is 2.32. The minimum absolute atomic E-state index is 0. The molecular weight excluding hydrogens is 232 g/mol. The second-order valence-corrected chi connectivity index (χ2v) is 3.88. The summed E-state index contributed by atoms with van der Waals surface area (Å²) in [5.74, 6) is 0. The van der Waals surface area contributed by atoms with Gasteiger partial charge in [-0.05, 0) is 11.6 Å². The average Bonchev–Trinajstić information content (AvgIpc) is 2.74.